The highest BCUT2D eigenvalue weighted by atomic mass is 32.2. The second-order valence-corrected chi connectivity index (χ2v) is 8.50. The molecular weight excluding hydrogens is 426 g/mol. The molecule has 1 aliphatic heterocycles. The van der Waals surface area contributed by atoms with Gasteiger partial charge in [0.15, 0.2) is 15.3 Å². The Morgan fingerprint density at radius 3 is 2.34 bits per heavy atom. The molecule has 1 N–H and O–H groups in total. The van der Waals surface area contributed by atoms with Gasteiger partial charge in [0.05, 0.1) is 33.3 Å². The van der Waals surface area contributed by atoms with Crippen molar-refractivity contribution in [1.82, 2.24) is 9.97 Å². The predicted octanol–water partition coefficient (Wildman–Crippen LogP) is 2.46. The molecule has 0 bridgehead atoms. The standard InChI is InChI=1S/C16H14F6N4O2S/c1-3-29(27,28)12-7-9(15(17,18)19)4-5-11(12)26-8(2)6-10-13(25-26)24-14(23-10)16(20,21)22/h4-8H,3H2,1-2H3,(H,23,24,25). The van der Waals surface area contributed by atoms with Crippen LogP contribution >= 0.6 is 0 Å². The number of nitrogens with one attached hydrogen (secondary N) is 1. The summed E-state index contributed by atoms with van der Waals surface area (Å²) in [6.45, 7) is 2.77. The lowest BCUT2D eigenvalue weighted by Gasteiger charge is -2.27. The molecule has 0 saturated carbocycles. The number of hydrogen-bond donors (Lipinski definition) is 1. The van der Waals surface area contributed by atoms with Crippen molar-refractivity contribution in [2.24, 2.45) is 5.10 Å². The van der Waals surface area contributed by atoms with Gasteiger partial charge in [-0.3, -0.25) is 5.01 Å². The second-order valence-electron chi connectivity index (χ2n) is 6.26. The van der Waals surface area contributed by atoms with E-state index in [0.717, 1.165) is 11.1 Å². The molecule has 158 valence electrons. The van der Waals surface area contributed by atoms with Crippen LogP contribution in [-0.2, 0) is 22.2 Å². The van der Waals surface area contributed by atoms with Crippen LogP contribution in [-0.4, -0.2) is 30.2 Å². The van der Waals surface area contributed by atoms with Crippen molar-refractivity contribution in [3.8, 4) is 0 Å². The second kappa shape index (κ2) is 6.75. The third-order valence-electron chi connectivity index (χ3n) is 4.23. The van der Waals surface area contributed by atoms with Gasteiger partial charge in [-0.2, -0.15) is 26.3 Å². The quantitative estimate of drug-likeness (QED) is 0.744. The number of anilines is 1. The number of nitrogens with zero attached hydrogens (tertiary/aromatic N) is 3. The molecule has 3 rings (SSSR count). The molecule has 6 nitrogen and oxygen atoms in total. The minimum absolute atomic E-state index is 0.0205. The van der Waals surface area contributed by atoms with E-state index < -0.39 is 50.3 Å². The van der Waals surface area contributed by atoms with Crippen molar-refractivity contribution >= 4 is 21.6 Å². The maximum Gasteiger partial charge on any atom is 0.449 e. The van der Waals surface area contributed by atoms with Gasteiger partial charge in [-0.25, -0.2) is 13.4 Å². The molecule has 2 aromatic rings. The van der Waals surface area contributed by atoms with Gasteiger partial charge in [0.2, 0.25) is 5.82 Å². The molecule has 1 unspecified atom stereocenters. The number of benzene rings is 1. The fourth-order valence-electron chi connectivity index (χ4n) is 2.77. The van der Waals surface area contributed by atoms with Gasteiger partial charge in [0, 0.05) is 0 Å². The average Bonchev–Trinajstić information content (AvgIpc) is 3.03. The number of alkyl halides is 6. The first-order valence-corrected chi connectivity index (χ1v) is 9.86. The van der Waals surface area contributed by atoms with Gasteiger partial charge >= 0.3 is 12.4 Å². The summed E-state index contributed by atoms with van der Waals surface area (Å²) in [6, 6.07) is 1.36. The van der Waals surface area contributed by atoms with Crippen LogP contribution in [0.25, 0.3) is 6.08 Å². The average molecular weight is 440 g/mol. The number of imidazole rings is 1. The molecule has 1 atom stereocenters. The molecule has 0 amide bonds. The van der Waals surface area contributed by atoms with Crippen LogP contribution in [0.4, 0.5) is 32.0 Å². The van der Waals surface area contributed by atoms with Crippen molar-refractivity contribution in [2.75, 3.05) is 10.8 Å². The van der Waals surface area contributed by atoms with Gasteiger partial charge in [0.25, 0.3) is 0 Å². The Morgan fingerprint density at radius 1 is 1.14 bits per heavy atom. The first kappa shape index (κ1) is 21.1. The Labute approximate surface area is 160 Å². The molecular formula is C16H14F6N4O2S. The van der Waals surface area contributed by atoms with Crippen molar-refractivity contribution in [1.29, 1.82) is 0 Å². The Hall–Kier alpha value is -2.57. The SMILES string of the molecule is CCS(=O)(=O)c1cc(C(F)(F)F)ccc1N1N=c2nc(C(F)(F)F)[nH]c2=CC1C. The maximum absolute atomic E-state index is 13.1. The van der Waals surface area contributed by atoms with Gasteiger partial charge in [0.1, 0.15) is 0 Å². The van der Waals surface area contributed by atoms with Crippen LogP contribution in [0.2, 0.25) is 0 Å². The number of aromatic nitrogens is 2. The zero-order valence-corrected chi connectivity index (χ0v) is 15.7. The third kappa shape index (κ3) is 3.95. The molecule has 1 aliphatic rings. The van der Waals surface area contributed by atoms with E-state index in [-0.39, 0.29) is 16.5 Å². The van der Waals surface area contributed by atoms with Gasteiger partial charge in [-0.1, -0.05) is 6.92 Å². The molecule has 1 aromatic heterocycles. The fraction of sp³-hybridized carbons (Fsp3) is 0.375. The van der Waals surface area contributed by atoms with E-state index in [1.807, 2.05) is 0 Å². The van der Waals surface area contributed by atoms with Crippen molar-refractivity contribution in [3.05, 3.63) is 40.4 Å². The molecule has 0 radical (unpaired) electrons. The van der Waals surface area contributed by atoms with E-state index in [9.17, 15) is 34.8 Å². The summed E-state index contributed by atoms with van der Waals surface area (Å²) in [6.07, 6.45) is -8.20. The normalized spacial score (nSPS) is 17.5. The van der Waals surface area contributed by atoms with Crippen LogP contribution in [0.15, 0.2) is 28.2 Å². The third-order valence-corrected chi connectivity index (χ3v) is 5.98. The minimum atomic E-state index is -4.77. The van der Waals surface area contributed by atoms with Crippen LogP contribution in [0.3, 0.4) is 0 Å². The lowest BCUT2D eigenvalue weighted by Crippen LogP contribution is -2.41. The molecule has 0 aliphatic carbocycles. The van der Waals surface area contributed by atoms with Gasteiger partial charge in [-0.05, 0) is 31.2 Å². The largest absolute Gasteiger partial charge is 0.449 e. The zero-order chi connectivity index (χ0) is 21.8. The highest BCUT2D eigenvalue weighted by Gasteiger charge is 2.36. The van der Waals surface area contributed by atoms with E-state index in [4.69, 9.17) is 0 Å². The molecule has 29 heavy (non-hydrogen) atoms. The lowest BCUT2D eigenvalue weighted by molar-refractivity contribution is -0.144. The van der Waals surface area contributed by atoms with Gasteiger partial charge in [-0.15, -0.1) is 5.10 Å². The monoisotopic (exact) mass is 440 g/mol. The van der Waals surface area contributed by atoms with Crippen LogP contribution in [0.1, 0.15) is 25.2 Å². The van der Waals surface area contributed by atoms with E-state index in [1.165, 1.54) is 19.9 Å². The summed E-state index contributed by atoms with van der Waals surface area (Å²) < 4.78 is 103. The Morgan fingerprint density at radius 2 is 1.79 bits per heavy atom. The Bertz CT molecular complexity index is 1170. The van der Waals surface area contributed by atoms with E-state index in [0.29, 0.717) is 12.1 Å². The predicted molar refractivity (Wildman–Crippen MR) is 89.9 cm³/mol. The summed E-state index contributed by atoms with van der Waals surface area (Å²) in [5.74, 6) is -1.76. The topological polar surface area (TPSA) is 78.4 Å². The van der Waals surface area contributed by atoms with Gasteiger partial charge < -0.3 is 4.98 Å². The number of sulfone groups is 1. The number of halogens is 6. The van der Waals surface area contributed by atoms with E-state index in [1.54, 1.807) is 0 Å². The molecule has 0 spiro atoms. The maximum atomic E-state index is 13.1. The lowest BCUT2D eigenvalue weighted by atomic mass is 10.1. The fourth-order valence-corrected chi connectivity index (χ4v) is 3.86. The van der Waals surface area contributed by atoms with Crippen LogP contribution in [0.5, 0.6) is 0 Å². The number of hydrogen-bond acceptors (Lipinski definition) is 5. The smallest absolute Gasteiger partial charge is 0.333 e. The number of fused-ring (bicyclic) bond motifs is 1. The van der Waals surface area contributed by atoms with E-state index >= 15 is 0 Å². The summed E-state index contributed by atoms with van der Waals surface area (Å²) in [5.41, 5.74) is -1.71. The Kier molecular flexibility index (Phi) is 4.92. The zero-order valence-electron chi connectivity index (χ0n) is 14.9. The number of aromatic amines is 1. The molecule has 13 heteroatoms. The summed E-state index contributed by atoms with van der Waals surface area (Å²) in [7, 11) is -4.10. The highest BCUT2D eigenvalue weighted by Crippen LogP contribution is 2.36. The number of H-pyrrole nitrogens is 1. The minimum Gasteiger partial charge on any atom is -0.333 e. The molecule has 0 saturated heterocycles. The highest BCUT2D eigenvalue weighted by molar-refractivity contribution is 7.91. The Balaban J connectivity index is 2.21. The number of rotatable bonds is 3. The van der Waals surface area contributed by atoms with Crippen molar-refractivity contribution in [2.45, 2.75) is 37.1 Å². The van der Waals surface area contributed by atoms with Crippen molar-refractivity contribution in [3.63, 3.8) is 0 Å². The first-order chi connectivity index (χ1) is 13.2. The summed E-state index contributed by atoms with van der Waals surface area (Å²) in [5, 5.41) is 4.96. The molecule has 1 aromatic carbocycles. The molecule has 0 fully saturated rings. The van der Waals surface area contributed by atoms with Crippen LogP contribution in [0, 0.1) is 0 Å². The summed E-state index contributed by atoms with van der Waals surface area (Å²) >= 11 is 0. The summed E-state index contributed by atoms with van der Waals surface area (Å²) in [4.78, 5) is 4.82. The first-order valence-electron chi connectivity index (χ1n) is 8.21. The van der Waals surface area contributed by atoms with E-state index in [2.05, 4.69) is 15.1 Å². The van der Waals surface area contributed by atoms with Crippen LogP contribution < -0.4 is 15.8 Å². The van der Waals surface area contributed by atoms with Crippen molar-refractivity contribution < 1.29 is 34.8 Å². The molecule has 2 heterocycles.